The van der Waals surface area contributed by atoms with Gasteiger partial charge in [-0.05, 0) is 76.2 Å². The molecule has 0 spiro atoms. The number of aryl methyl sites for hydroxylation is 2. The average molecular weight is 603 g/mol. The quantitative estimate of drug-likeness (QED) is 0.195. The van der Waals surface area contributed by atoms with E-state index < -0.39 is 38.3 Å². The molecule has 2 amide bonds. The summed E-state index contributed by atoms with van der Waals surface area (Å²) >= 11 is 0. The second-order valence-electron chi connectivity index (χ2n) is 8.98. The molecule has 0 saturated carbocycles. The molecule has 0 aliphatic rings. The Labute approximate surface area is 235 Å². The lowest BCUT2D eigenvalue weighted by atomic mass is 10.3. The van der Waals surface area contributed by atoms with Gasteiger partial charge in [0.15, 0.2) is 0 Å². The van der Waals surface area contributed by atoms with E-state index in [9.17, 15) is 26.4 Å². The third-order valence-corrected chi connectivity index (χ3v) is 8.68. The largest absolute Gasteiger partial charge is 0.337 e. The summed E-state index contributed by atoms with van der Waals surface area (Å²) in [6.07, 6.45) is -0.544. The van der Waals surface area contributed by atoms with E-state index in [1.54, 1.807) is 27.7 Å². The van der Waals surface area contributed by atoms with Gasteiger partial charge >= 0.3 is 0 Å². The zero-order valence-electron chi connectivity index (χ0n) is 22.3. The van der Waals surface area contributed by atoms with E-state index in [4.69, 9.17) is 9.05 Å². The molecule has 0 aliphatic carbocycles. The van der Waals surface area contributed by atoms with Crippen molar-refractivity contribution >= 4 is 55.0 Å². The predicted molar refractivity (Wildman–Crippen MR) is 148 cm³/mol. The minimum atomic E-state index is -3.96. The average Bonchev–Trinajstić information content (AvgIpc) is 3.39. The van der Waals surface area contributed by atoms with Crippen LogP contribution in [0, 0.1) is 27.7 Å². The summed E-state index contributed by atoms with van der Waals surface area (Å²) in [5.41, 5.74) is 2.76. The minimum Gasteiger partial charge on any atom is -0.337 e. The van der Waals surface area contributed by atoms with Crippen LogP contribution < -0.4 is 20.1 Å². The van der Waals surface area contributed by atoms with Crippen molar-refractivity contribution in [3.05, 3.63) is 71.0 Å². The van der Waals surface area contributed by atoms with E-state index in [1.807, 2.05) is 0 Å². The van der Waals surface area contributed by atoms with Crippen LogP contribution in [-0.2, 0) is 29.6 Å². The van der Waals surface area contributed by atoms with Gasteiger partial charge in [0.25, 0.3) is 20.0 Å². The molecule has 0 saturated heterocycles. The zero-order chi connectivity index (χ0) is 29.9. The Balaban J connectivity index is 1.30. The molecule has 2 heterocycles. The molecule has 4 aromatic rings. The normalized spacial score (nSPS) is 11.6. The molecule has 14 nitrogen and oxygen atoms in total. The summed E-state index contributed by atoms with van der Waals surface area (Å²) in [6.45, 7) is 6.69. The number of rotatable bonds is 10. The molecule has 2 aromatic carbocycles. The van der Waals surface area contributed by atoms with Gasteiger partial charge in [0.2, 0.25) is 23.6 Å². The summed E-state index contributed by atoms with van der Waals surface area (Å²) in [5, 5.41) is 12.4. The molecule has 16 heteroatoms. The standard InChI is InChI=1S/C25H26N6O8S2/c1-14-16(3)28-38-24(14)30-40(34,35)20-9-5-18(6-10-20)26-22(32)13-23(33)27-19-7-11-21(12-8-19)41(36,37)31-25-15(2)17(4)29-39-25/h5-12,30-31H,13H2,1-4H3,(H,26,32)(H,27,33). The van der Waals surface area contributed by atoms with Gasteiger partial charge in [-0.25, -0.2) is 26.3 Å². The van der Waals surface area contributed by atoms with Gasteiger partial charge in [-0.2, -0.15) is 0 Å². The van der Waals surface area contributed by atoms with Crippen molar-refractivity contribution in [2.45, 2.75) is 43.9 Å². The lowest BCUT2D eigenvalue weighted by molar-refractivity contribution is -0.123. The van der Waals surface area contributed by atoms with Crippen molar-refractivity contribution in [1.29, 1.82) is 0 Å². The fraction of sp³-hybridized carbons (Fsp3) is 0.200. The molecule has 0 aliphatic heterocycles. The van der Waals surface area contributed by atoms with Crippen LogP contribution in [0.1, 0.15) is 28.9 Å². The first-order valence-corrected chi connectivity index (χ1v) is 14.9. The number of carbonyl (C=O) groups excluding carboxylic acids is 2. The maximum absolute atomic E-state index is 12.6. The molecule has 4 rings (SSSR count). The van der Waals surface area contributed by atoms with Gasteiger partial charge in [-0.15, -0.1) is 0 Å². The highest BCUT2D eigenvalue weighted by Gasteiger charge is 2.21. The van der Waals surface area contributed by atoms with Crippen LogP contribution in [0.25, 0.3) is 0 Å². The Morgan fingerprint density at radius 2 is 0.976 bits per heavy atom. The Hall–Kier alpha value is -4.70. The topological polar surface area (TPSA) is 203 Å². The zero-order valence-corrected chi connectivity index (χ0v) is 23.9. The number of sulfonamides is 2. The second kappa shape index (κ2) is 11.4. The van der Waals surface area contributed by atoms with Gasteiger partial charge in [0.1, 0.15) is 6.42 Å². The molecule has 2 aromatic heterocycles. The summed E-state index contributed by atoms with van der Waals surface area (Å²) in [5.74, 6) is -1.28. The van der Waals surface area contributed by atoms with E-state index in [2.05, 4.69) is 30.4 Å². The minimum absolute atomic E-state index is 0.00964. The lowest BCUT2D eigenvalue weighted by Crippen LogP contribution is -2.21. The van der Waals surface area contributed by atoms with Crippen molar-refractivity contribution in [3.8, 4) is 0 Å². The van der Waals surface area contributed by atoms with Crippen LogP contribution in [0.15, 0.2) is 67.4 Å². The van der Waals surface area contributed by atoms with Crippen molar-refractivity contribution in [2.24, 2.45) is 0 Å². The maximum atomic E-state index is 12.6. The van der Waals surface area contributed by atoms with Gasteiger partial charge in [0.05, 0.1) is 21.2 Å². The van der Waals surface area contributed by atoms with Crippen LogP contribution in [0.3, 0.4) is 0 Å². The monoisotopic (exact) mass is 602 g/mol. The number of nitrogens with one attached hydrogen (secondary N) is 4. The molecule has 41 heavy (non-hydrogen) atoms. The van der Waals surface area contributed by atoms with Crippen molar-refractivity contribution in [2.75, 3.05) is 20.1 Å². The molecular weight excluding hydrogens is 576 g/mol. The highest BCUT2D eigenvalue weighted by atomic mass is 32.2. The first kappa shape index (κ1) is 29.3. The number of amides is 2. The van der Waals surface area contributed by atoms with Crippen LogP contribution >= 0.6 is 0 Å². The highest BCUT2D eigenvalue weighted by molar-refractivity contribution is 7.93. The summed E-state index contributed by atoms with van der Waals surface area (Å²) in [6, 6.07) is 10.6. The Morgan fingerprint density at radius 1 is 0.634 bits per heavy atom. The molecular formula is C25H26N6O8S2. The number of benzene rings is 2. The highest BCUT2D eigenvalue weighted by Crippen LogP contribution is 2.24. The fourth-order valence-corrected chi connectivity index (χ4v) is 5.47. The molecule has 0 bridgehead atoms. The molecule has 0 unspecified atom stereocenters. The van der Waals surface area contributed by atoms with Gasteiger partial charge in [0, 0.05) is 22.5 Å². The number of hydrogen-bond acceptors (Lipinski definition) is 10. The SMILES string of the molecule is Cc1noc(NS(=O)(=O)c2ccc(NC(=O)CC(=O)Nc3ccc(S(=O)(=O)Nc4onc(C)c4C)cc3)cc2)c1C. The van der Waals surface area contributed by atoms with Crippen molar-refractivity contribution in [1.82, 2.24) is 10.3 Å². The maximum Gasteiger partial charge on any atom is 0.264 e. The van der Waals surface area contributed by atoms with E-state index >= 15 is 0 Å². The Morgan fingerprint density at radius 3 is 1.27 bits per heavy atom. The van der Waals surface area contributed by atoms with Crippen LogP contribution in [0.5, 0.6) is 0 Å². The van der Waals surface area contributed by atoms with Gasteiger partial charge in [-0.1, -0.05) is 10.3 Å². The van der Waals surface area contributed by atoms with Crippen LogP contribution in [0.2, 0.25) is 0 Å². The number of nitrogens with zero attached hydrogens (tertiary/aromatic N) is 2. The number of anilines is 4. The van der Waals surface area contributed by atoms with Gasteiger partial charge in [-0.3, -0.25) is 9.59 Å². The summed E-state index contributed by atoms with van der Waals surface area (Å²) < 4.78 is 65.0. The molecule has 216 valence electrons. The summed E-state index contributed by atoms with van der Waals surface area (Å²) in [4.78, 5) is 24.5. The fourth-order valence-electron chi connectivity index (χ4n) is 3.37. The molecule has 4 N–H and O–H groups in total. The molecule has 0 radical (unpaired) electrons. The van der Waals surface area contributed by atoms with Gasteiger partial charge < -0.3 is 19.7 Å². The van der Waals surface area contributed by atoms with E-state index in [1.165, 1.54) is 48.5 Å². The van der Waals surface area contributed by atoms with Crippen molar-refractivity contribution < 1.29 is 35.5 Å². The Bertz CT molecular complexity index is 1680. The van der Waals surface area contributed by atoms with Crippen LogP contribution in [0.4, 0.5) is 23.1 Å². The smallest absolute Gasteiger partial charge is 0.264 e. The number of aromatic nitrogens is 2. The third kappa shape index (κ3) is 6.90. The first-order valence-electron chi connectivity index (χ1n) is 12.0. The second-order valence-corrected chi connectivity index (χ2v) is 12.3. The molecule has 0 atom stereocenters. The van der Waals surface area contributed by atoms with E-state index in [0.717, 1.165) is 0 Å². The lowest BCUT2D eigenvalue weighted by Gasteiger charge is -2.09. The van der Waals surface area contributed by atoms with Crippen molar-refractivity contribution in [3.63, 3.8) is 0 Å². The number of carbonyl (C=O) groups is 2. The third-order valence-electron chi connectivity index (χ3n) is 5.99. The first-order chi connectivity index (χ1) is 19.2. The Kier molecular flexibility index (Phi) is 8.16. The van der Waals surface area contributed by atoms with E-state index in [-0.39, 0.29) is 32.9 Å². The van der Waals surface area contributed by atoms with Crippen LogP contribution in [-0.4, -0.2) is 39.0 Å². The van der Waals surface area contributed by atoms with E-state index in [0.29, 0.717) is 22.5 Å². The molecule has 0 fully saturated rings. The predicted octanol–water partition coefficient (Wildman–Crippen LogP) is 3.47. The summed E-state index contributed by atoms with van der Waals surface area (Å²) in [7, 11) is -7.92. The number of hydrogen-bond donors (Lipinski definition) is 4.